The van der Waals surface area contributed by atoms with Gasteiger partial charge in [0, 0.05) is 18.0 Å². The number of aliphatic hydroxyl groups is 1. The van der Waals surface area contributed by atoms with E-state index in [9.17, 15) is 5.11 Å². The standard InChI is InChI=1S/C12H11N3O2/c1-15-10(6-13-14-15)12(16)9-7-17-11-5-3-2-4-8(9)11/h2-7,12,16H,1H3. The smallest absolute Gasteiger partial charge is 0.134 e. The predicted octanol–water partition coefficient (Wildman–Crippen LogP) is 1.64. The minimum absolute atomic E-state index is 0.636. The second-order valence-electron chi connectivity index (χ2n) is 3.87. The first-order valence-electron chi connectivity index (χ1n) is 5.26. The van der Waals surface area contributed by atoms with Crippen molar-refractivity contribution in [1.82, 2.24) is 15.0 Å². The van der Waals surface area contributed by atoms with Crippen LogP contribution in [0.1, 0.15) is 17.4 Å². The summed E-state index contributed by atoms with van der Waals surface area (Å²) in [4.78, 5) is 0. The number of aliphatic hydroxyl groups excluding tert-OH is 1. The minimum atomic E-state index is -0.779. The largest absolute Gasteiger partial charge is 0.464 e. The van der Waals surface area contributed by atoms with E-state index in [0.29, 0.717) is 5.69 Å². The SMILES string of the molecule is Cn1nncc1C(O)c1coc2ccccc12. The van der Waals surface area contributed by atoms with Crippen molar-refractivity contribution < 1.29 is 9.52 Å². The van der Waals surface area contributed by atoms with Gasteiger partial charge in [-0.25, -0.2) is 4.68 Å². The summed E-state index contributed by atoms with van der Waals surface area (Å²) >= 11 is 0. The van der Waals surface area contributed by atoms with E-state index in [-0.39, 0.29) is 0 Å². The van der Waals surface area contributed by atoms with Crippen molar-refractivity contribution in [1.29, 1.82) is 0 Å². The highest BCUT2D eigenvalue weighted by Gasteiger charge is 2.19. The highest BCUT2D eigenvalue weighted by Crippen LogP contribution is 2.29. The first kappa shape index (κ1) is 10.0. The molecule has 2 aromatic heterocycles. The molecule has 0 bridgehead atoms. The number of para-hydroxylation sites is 1. The summed E-state index contributed by atoms with van der Waals surface area (Å²) < 4.78 is 6.95. The second-order valence-corrected chi connectivity index (χ2v) is 3.87. The molecular formula is C12H11N3O2. The van der Waals surface area contributed by atoms with E-state index in [2.05, 4.69) is 10.3 Å². The third-order valence-electron chi connectivity index (χ3n) is 2.84. The number of fused-ring (bicyclic) bond motifs is 1. The number of aryl methyl sites for hydroxylation is 1. The lowest BCUT2D eigenvalue weighted by Gasteiger charge is -2.08. The Bertz CT molecular complexity index is 656. The minimum Gasteiger partial charge on any atom is -0.464 e. The van der Waals surface area contributed by atoms with Gasteiger partial charge in [-0.2, -0.15) is 0 Å². The summed E-state index contributed by atoms with van der Waals surface area (Å²) in [6, 6.07) is 7.59. The molecule has 0 fully saturated rings. The van der Waals surface area contributed by atoms with Gasteiger partial charge in [0.15, 0.2) is 0 Å². The zero-order valence-electron chi connectivity index (χ0n) is 9.24. The molecule has 0 aliphatic carbocycles. The maximum Gasteiger partial charge on any atom is 0.134 e. The van der Waals surface area contributed by atoms with Crippen LogP contribution in [0.25, 0.3) is 11.0 Å². The third kappa shape index (κ3) is 1.52. The van der Waals surface area contributed by atoms with Crippen LogP contribution < -0.4 is 0 Å². The van der Waals surface area contributed by atoms with Crippen LogP contribution in [0.4, 0.5) is 0 Å². The van der Waals surface area contributed by atoms with Gasteiger partial charge in [-0.15, -0.1) is 5.10 Å². The lowest BCUT2D eigenvalue weighted by molar-refractivity contribution is 0.210. The Labute approximate surface area is 97.3 Å². The molecule has 1 unspecified atom stereocenters. The molecular weight excluding hydrogens is 218 g/mol. The zero-order chi connectivity index (χ0) is 11.8. The summed E-state index contributed by atoms with van der Waals surface area (Å²) in [6.07, 6.45) is 2.34. The monoisotopic (exact) mass is 229 g/mol. The predicted molar refractivity (Wildman–Crippen MR) is 61.3 cm³/mol. The lowest BCUT2D eigenvalue weighted by atomic mass is 10.1. The van der Waals surface area contributed by atoms with E-state index >= 15 is 0 Å². The van der Waals surface area contributed by atoms with Crippen LogP contribution in [0.15, 0.2) is 41.1 Å². The van der Waals surface area contributed by atoms with Gasteiger partial charge < -0.3 is 9.52 Å². The van der Waals surface area contributed by atoms with E-state index < -0.39 is 6.10 Å². The van der Waals surface area contributed by atoms with Gasteiger partial charge in [0.2, 0.25) is 0 Å². The molecule has 0 saturated heterocycles. The molecule has 5 nitrogen and oxygen atoms in total. The quantitative estimate of drug-likeness (QED) is 0.725. The number of nitrogens with zero attached hydrogens (tertiary/aromatic N) is 3. The Morgan fingerprint density at radius 2 is 2.18 bits per heavy atom. The highest BCUT2D eigenvalue weighted by atomic mass is 16.3. The van der Waals surface area contributed by atoms with Crippen LogP contribution in [0.2, 0.25) is 0 Å². The molecule has 2 heterocycles. The van der Waals surface area contributed by atoms with Crippen LogP contribution in [0.5, 0.6) is 0 Å². The average molecular weight is 229 g/mol. The van der Waals surface area contributed by atoms with Gasteiger partial charge in [0.1, 0.15) is 11.7 Å². The topological polar surface area (TPSA) is 64.1 Å². The Kier molecular flexibility index (Phi) is 2.19. The van der Waals surface area contributed by atoms with Crippen LogP contribution >= 0.6 is 0 Å². The number of benzene rings is 1. The average Bonchev–Trinajstić information content (AvgIpc) is 2.94. The fourth-order valence-electron chi connectivity index (χ4n) is 1.91. The summed E-state index contributed by atoms with van der Waals surface area (Å²) in [5, 5.41) is 18.8. The normalized spacial score (nSPS) is 13.1. The molecule has 3 rings (SSSR count). The van der Waals surface area contributed by atoms with E-state index in [1.165, 1.54) is 0 Å². The lowest BCUT2D eigenvalue weighted by Crippen LogP contribution is -2.05. The van der Waals surface area contributed by atoms with E-state index in [1.807, 2.05) is 24.3 Å². The number of furan rings is 1. The van der Waals surface area contributed by atoms with Crippen LogP contribution in [0.3, 0.4) is 0 Å². The van der Waals surface area contributed by atoms with Crippen molar-refractivity contribution in [2.75, 3.05) is 0 Å². The molecule has 5 heteroatoms. The summed E-state index contributed by atoms with van der Waals surface area (Å²) in [5.74, 6) is 0. The Morgan fingerprint density at radius 3 is 2.94 bits per heavy atom. The Hall–Kier alpha value is -2.14. The molecule has 0 aliphatic rings. The Morgan fingerprint density at radius 1 is 1.35 bits per heavy atom. The molecule has 1 atom stereocenters. The molecule has 1 N–H and O–H groups in total. The molecule has 0 saturated carbocycles. The molecule has 0 radical (unpaired) electrons. The summed E-state index contributed by atoms with van der Waals surface area (Å²) in [5.41, 5.74) is 2.12. The van der Waals surface area contributed by atoms with Gasteiger partial charge in [-0.1, -0.05) is 23.4 Å². The maximum absolute atomic E-state index is 10.3. The molecule has 0 spiro atoms. The maximum atomic E-state index is 10.3. The highest BCUT2D eigenvalue weighted by molar-refractivity contribution is 5.81. The van der Waals surface area contributed by atoms with Crippen molar-refractivity contribution in [2.24, 2.45) is 7.05 Å². The van der Waals surface area contributed by atoms with E-state index in [0.717, 1.165) is 16.5 Å². The van der Waals surface area contributed by atoms with Crippen LogP contribution in [0, 0.1) is 0 Å². The van der Waals surface area contributed by atoms with Crippen LogP contribution in [-0.4, -0.2) is 20.1 Å². The van der Waals surface area contributed by atoms with Gasteiger partial charge in [-0.05, 0) is 6.07 Å². The molecule has 0 aliphatic heterocycles. The van der Waals surface area contributed by atoms with Crippen molar-refractivity contribution >= 4 is 11.0 Å². The van der Waals surface area contributed by atoms with E-state index in [4.69, 9.17) is 4.42 Å². The second kappa shape index (κ2) is 3.71. The zero-order valence-corrected chi connectivity index (χ0v) is 9.24. The number of aromatic nitrogens is 3. The number of rotatable bonds is 2. The van der Waals surface area contributed by atoms with Crippen molar-refractivity contribution in [2.45, 2.75) is 6.10 Å². The third-order valence-corrected chi connectivity index (χ3v) is 2.84. The molecule has 17 heavy (non-hydrogen) atoms. The number of hydrogen-bond donors (Lipinski definition) is 1. The fourth-order valence-corrected chi connectivity index (χ4v) is 1.91. The van der Waals surface area contributed by atoms with Crippen molar-refractivity contribution in [3.05, 3.63) is 48.0 Å². The van der Waals surface area contributed by atoms with Crippen LogP contribution in [-0.2, 0) is 7.05 Å². The van der Waals surface area contributed by atoms with E-state index in [1.54, 1.807) is 24.2 Å². The summed E-state index contributed by atoms with van der Waals surface area (Å²) in [7, 11) is 1.74. The van der Waals surface area contributed by atoms with Crippen molar-refractivity contribution in [3.8, 4) is 0 Å². The van der Waals surface area contributed by atoms with Gasteiger partial charge in [0.05, 0.1) is 18.2 Å². The molecule has 3 aromatic rings. The van der Waals surface area contributed by atoms with Gasteiger partial charge in [-0.3, -0.25) is 0 Å². The molecule has 86 valence electrons. The Balaban J connectivity index is 2.13. The van der Waals surface area contributed by atoms with Gasteiger partial charge >= 0.3 is 0 Å². The summed E-state index contributed by atoms with van der Waals surface area (Å²) in [6.45, 7) is 0. The molecule has 1 aromatic carbocycles. The molecule has 0 amide bonds. The fraction of sp³-hybridized carbons (Fsp3) is 0.167. The van der Waals surface area contributed by atoms with Gasteiger partial charge in [0.25, 0.3) is 0 Å². The number of hydrogen-bond acceptors (Lipinski definition) is 4. The van der Waals surface area contributed by atoms with Crippen molar-refractivity contribution in [3.63, 3.8) is 0 Å². The first-order chi connectivity index (χ1) is 8.27. The first-order valence-corrected chi connectivity index (χ1v) is 5.26.